The van der Waals surface area contributed by atoms with E-state index in [1.54, 1.807) is 53.7 Å². The van der Waals surface area contributed by atoms with Gasteiger partial charge in [0.15, 0.2) is 35.6 Å². The molecule has 0 heterocycles. The van der Waals surface area contributed by atoms with E-state index >= 15 is 0 Å². The number of aryl methyl sites for hydroxylation is 2. The molecule has 0 fully saturated rings. The smallest absolute Gasteiger partial charge is 0.300 e. The van der Waals surface area contributed by atoms with Crippen LogP contribution in [0.5, 0.6) is 34.5 Å². The lowest BCUT2D eigenvalue weighted by molar-refractivity contribution is -0.135. The number of carboxylic acid groups (broad SMARTS) is 6. The van der Waals surface area contributed by atoms with Crippen LogP contribution in [-0.4, -0.2) is 110 Å². The predicted octanol–water partition coefficient (Wildman–Crippen LogP) is 6.93. The summed E-state index contributed by atoms with van der Waals surface area (Å²) in [6.45, 7) is 17.0. The number of rotatable bonds is 5. The Morgan fingerprint density at radius 2 is 0.613 bits per heavy atom. The lowest BCUT2D eigenvalue weighted by Gasteiger charge is -2.23. The van der Waals surface area contributed by atoms with Gasteiger partial charge in [-0.1, -0.05) is 39.8 Å². The third kappa shape index (κ3) is 17.7. The minimum atomic E-state index is -0.833. The van der Waals surface area contributed by atoms with E-state index in [9.17, 15) is 40.2 Å². The summed E-state index contributed by atoms with van der Waals surface area (Å²) in [6.07, 6.45) is 0.682. The number of fused-ring (bicyclic) bond motifs is 2. The third-order valence-corrected chi connectivity index (χ3v) is 7.22. The molecule has 0 bridgehead atoms. The van der Waals surface area contributed by atoms with Crippen LogP contribution in [0.4, 0.5) is 0 Å². The van der Waals surface area contributed by atoms with E-state index in [1.165, 1.54) is 0 Å². The van der Waals surface area contributed by atoms with Crippen molar-refractivity contribution in [2.75, 3.05) is 0 Å². The quantitative estimate of drug-likeness (QED) is 0.0714. The van der Waals surface area contributed by atoms with Crippen LogP contribution in [0.25, 0.3) is 32.7 Å². The number of hydrogen-bond acceptors (Lipinski definition) is 14. The second kappa shape index (κ2) is 26.5. The van der Waals surface area contributed by atoms with Crippen LogP contribution in [0.3, 0.4) is 0 Å². The molecule has 0 aliphatic heterocycles. The molecule has 4 rings (SSSR count). The summed E-state index contributed by atoms with van der Waals surface area (Å²) in [5.74, 6) is -8.57. The third-order valence-electron chi connectivity index (χ3n) is 7.22. The summed E-state index contributed by atoms with van der Waals surface area (Å²) < 4.78 is 0. The molecule has 0 amide bonds. The molecule has 4 aromatic carbocycles. The number of phenols is 6. The molecule has 4 aromatic rings. The van der Waals surface area contributed by atoms with E-state index in [4.69, 9.17) is 59.4 Å². The molecule has 12 N–H and O–H groups in total. The van der Waals surface area contributed by atoms with Gasteiger partial charge in [-0.2, -0.15) is 0 Å². The largest absolute Gasteiger partial charge is 0.507 e. The number of phenolic OH excluding ortho intramolecular Hbond substituents is 6. The first-order chi connectivity index (χ1) is 28.2. The van der Waals surface area contributed by atoms with Gasteiger partial charge in [-0.15, -0.1) is 0 Å². The molecule has 0 aliphatic rings. The summed E-state index contributed by atoms with van der Waals surface area (Å²) >= 11 is 0. The average Bonchev–Trinajstić information content (AvgIpc) is 3.06. The van der Waals surface area contributed by atoms with E-state index in [2.05, 4.69) is 0 Å². The van der Waals surface area contributed by atoms with Gasteiger partial charge in [0.25, 0.3) is 35.8 Å². The van der Waals surface area contributed by atoms with Gasteiger partial charge in [0, 0.05) is 74.6 Å². The Balaban J connectivity index is -0.00000119. The van der Waals surface area contributed by atoms with Crippen molar-refractivity contribution in [1.82, 2.24) is 0 Å². The SMILES string of the molecule is CC(=O)O.CC(=O)O.CC(=O)O.CC(=O)O.CC(=O)O.CC(=O)O.Cc1cc2c(C(C)C)c(O)c(O)c(C=O)c2c(O)c1-c1c(C)cc2c(C(C)C)c(O)c(O)c(C=O)c2c1O. The van der Waals surface area contributed by atoms with Gasteiger partial charge in [-0.25, -0.2) is 0 Å². The van der Waals surface area contributed by atoms with Gasteiger partial charge in [-0.3, -0.25) is 38.4 Å². The first kappa shape index (κ1) is 58.7. The Morgan fingerprint density at radius 3 is 0.774 bits per heavy atom. The van der Waals surface area contributed by atoms with Crippen molar-refractivity contribution in [1.29, 1.82) is 0 Å². The van der Waals surface area contributed by atoms with Gasteiger partial charge < -0.3 is 61.3 Å². The van der Waals surface area contributed by atoms with Gasteiger partial charge in [0.05, 0.1) is 11.1 Å². The number of hydrogen-bond donors (Lipinski definition) is 12. The van der Waals surface area contributed by atoms with Crippen LogP contribution in [0, 0.1) is 13.8 Å². The van der Waals surface area contributed by atoms with Gasteiger partial charge in [0.1, 0.15) is 11.5 Å². The minimum Gasteiger partial charge on any atom is -0.507 e. The van der Waals surface area contributed by atoms with Crippen molar-refractivity contribution < 1.29 is 99.6 Å². The number of aliphatic carboxylic acids is 6. The Hall–Kier alpha value is -7.64. The summed E-state index contributed by atoms with van der Waals surface area (Å²) in [5.41, 5.74) is 1.33. The molecular weight excluding hydrogens is 824 g/mol. The topological polar surface area (TPSA) is 379 Å². The number of carbonyl (C=O) groups is 8. The van der Waals surface area contributed by atoms with Gasteiger partial charge in [-0.05, 0) is 47.6 Å². The van der Waals surface area contributed by atoms with Crippen LogP contribution in [0.1, 0.15) is 124 Å². The molecule has 342 valence electrons. The van der Waals surface area contributed by atoms with E-state index in [0.29, 0.717) is 45.6 Å². The van der Waals surface area contributed by atoms with Crippen LogP contribution < -0.4 is 0 Å². The average molecular weight is 879 g/mol. The first-order valence-electron chi connectivity index (χ1n) is 17.7. The Morgan fingerprint density at radius 1 is 0.419 bits per heavy atom. The highest BCUT2D eigenvalue weighted by molar-refractivity contribution is 6.14. The number of benzene rings is 4. The van der Waals surface area contributed by atoms with Crippen molar-refractivity contribution in [3.63, 3.8) is 0 Å². The second-order valence-electron chi connectivity index (χ2n) is 13.4. The summed E-state index contributed by atoms with van der Waals surface area (Å²) in [4.78, 5) is 78.0. The van der Waals surface area contributed by atoms with Crippen molar-refractivity contribution >= 4 is 69.9 Å². The maximum atomic E-state index is 12.0. The van der Waals surface area contributed by atoms with Gasteiger partial charge >= 0.3 is 0 Å². The molecule has 0 saturated heterocycles. The maximum absolute atomic E-state index is 12.0. The molecule has 0 spiro atoms. The molecule has 0 unspecified atom stereocenters. The number of aromatic hydroxyl groups is 6. The molecule has 20 heteroatoms. The zero-order chi connectivity index (χ0) is 49.8. The normalized spacial score (nSPS) is 9.58. The zero-order valence-corrected chi connectivity index (χ0v) is 36.1. The number of carboxylic acids is 6. The molecule has 0 saturated carbocycles. The van der Waals surface area contributed by atoms with Crippen LogP contribution >= 0.6 is 0 Å². The monoisotopic (exact) mass is 878 g/mol. The molecule has 0 aromatic heterocycles. The fraction of sp³-hybridized carbons (Fsp3) is 0.333. The zero-order valence-electron chi connectivity index (χ0n) is 36.1. The lowest BCUT2D eigenvalue weighted by atomic mass is 9.83. The van der Waals surface area contributed by atoms with Crippen LogP contribution in [0.2, 0.25) is 0 Å². The highest BCUT2D eigenvalue weighted by Gasteiger charge is 2.29. The molecule has 20 nitrogen and oxygen atoms in total. The Kier molecular flexibility index (Phi) is 25.0. The predicted molar refractivity (Wildman–Crippen MR) is 225 cm³/mol. The van der Waals surface area contributed by atoms with E-state index in [-0.39, 0.29) is 44.9 Å². The van der Waals surface area contributed by atoms with Crippen molar-refractivity contribution in [3.8, 4) is 45.6 Å². The van der Waals surface area contributed by atoms with E-state index < -0.39 is 70.3 Å². The molecule has 62 heavy (non-hydrogen) atoms. The molecule has 0 aliphatic carbocycles. The summed E-state index contributed by atoms with van der Waals surface area (Å²) in [7, 11) is 0. The van der Waals surface area contributed by atoms with Gasteiger partial charge in [0.2, 0.25) is 0 Å². The minimum absolute atomic E-state index is 0.00512. The summed E-state index contributed by atoms with van der Waals surface area (Å²) in [6, 6.07) is 3.31. The molecular formula is C42H54O20. The molecule has 0 atom stereocenters. The lowest BCUT2D eigenvalue weighted by Crippen LogP contribution is -2.01. The van der Waals surface area contributed by atoms with Crippen molar-refractivity contribution in [2.24, 2.45) is 0 Å². The fourth-order valence-corrected chi connectivity index (χ4v) is 5.60. The summed E-state index contributed by atoms with van der Waals surface area (Å²) in [5, 5.41) is 111. The van der Waals surface area contributed by atoms with Crippen molar-refractivity contribution in [2.45, 2.75) is 94.9 Å². The first-order valence-corrected chi connectivity index (χ1v) is 17.7. The standard InChI is InChI=1S/C30H30O8.6C2H4O2/c1-11(2)19-15-7-13(5)21(27(35)23(15)17(9-31)25(33)29(19)37)22-14(6)8-16-20(12(3)4)30(38)26(34)18(10-32)24(16)28(22)36;6*1-2(3)4/h7-12,33-38H,1-6H3;6*1H3,(H,3,4). The number of aldehydes is 2. The molecule has 0 radical (unpaired) electrons. The maximum Gasteiger partial charge on any atom is 0.300 e. The second-order valence-corrected chi connectivity index (χ2v) is 13.4. The van der Waals surface area contributed by atoms with E-state index in [0.717, 1.165) is 41.5 Å². The van der Waals surface area contributed by atoms with Crippen LogP contribution in [0.15, 0.2) is 12.1 Å². The Bertz CT molecular complexity index is 2060. The van der Waals surface area contributed by atoms with Crippen LogP contribution in [-0.2, 0) is 28.8 Å². The van der Waals surface area contributed by atoms with E-state index in [1.807, 2.05) is 0 Å². The van der Waals surface area contributed by atoms with Crippen molar-refractivity contribution in [3.05, 3.63) is 45.5 Å². The number of carbonyl (C=O) groups excluding carboxylic acids is 2. The fourth-order valence-electron chi connectivity index (χ4n) is 5.60. The highest BCUT2D eigenvalue weighted by Crippen LogP contribution is 2.54. The Labute approximate surface area is 355 Å². The highest BCUT2D eigenvalue weighted by atomic mass is 16.4.